The molecular formula is C18H32N4O2S. The number of aromatic nitrogens is 2. The maximum absolute atomic E-state index is 11.7. The van der Waals surface area contributed by atoms with Gasteiger partial charge in [0.15, 0.2) is 0 Å². The van der Waals surface area contributed by atoms with Crippen molar-refractivity contribution in [2.24, 2.45) is 11.3 Å². The van der Waals surface area contributed by atoms with Crippen molar-refractivity contribution < 1.29 is 8.42 Å². The zero-order valence-corrected chi connectivity index (χ0v) is 16.6. The second-order valence-corrected chi connectivity index (χ2v) is 10.3. The van der Waals surface area contributed by atoms with Crippen molar-refractivity contribution in [3.63, 3.8) is 0 Å². The molecule has 1 saturated carbocycles. The number of sulfone groups is 1. The molecule has 1 aliphatic carbocycles. The fraction of sp³-hybridized carbons (Fsp3) is 0.833. The van der Waals surface area contributed by atoms with E-state index in [2.05, 4.69) is 33.6 Å². The Morgan fingerprint density at radius 2 is 2.16 bits per heavy atom. The van der Waals surface area contributed by atoms with E-state index in [-0.39, 0.29) is 11.7 Å². The van der Waals surface area contributed by atoms with Gasteiger partial charge in [-0.3, -0.25) is 4.90 Å². The van der Waals surface area contributed by atoms with Crippen molar-refractivity contribution in [2.45, 2.75) is 52.2 Å². The van der Waals surface area contributed by atoms with Crippen LogP contribution in [-0.2, 0) is 22.9 Å². The van der Waals surface area contributed by atoms with Crippen molar-refractivity contribution in [1.82, 2.24) is 19.8 Å². The normalized spacial score (nSPS) is 23.9. The van der Waals surface area contributed by atoms with E-state index < -0.39 is 9.84 Å². The van der Waals surface area contributed by atoms with Crippen LogP contribution < -0.4 is 5.32 Å². The number of hydrogen-bond donors (Lipinski definition) is 1. The third kappa shape index (κ3) is 4.63. The predicted octanol–water partition coefficient (Wildman–Crippen LogP) is 1.53. The minimum Gasteiger partial charge on any atom is -0.334 e. The number of piperidine rings is 1. The van der Waals surface area contributed by atoms with Gasteiger partial charge < -0.3 is 9.88 Å². The predicted molar refractivity (Wildman–Crippen MR) is 100 cm³/mol. The summed E-state index contributed by atoms with van der Waals surface area (Å²) in [6, 6.07) is 0.568. The van der Waals surface area contributed by atoms with Crippen molar-refractivity contribution in [2.75, 3.05) is 31.6 Å². The van der Waals surface area contributed by atoms with Crippen LogP contribution in [0.5, 0.6) is 0 Å². The van der Waals surface area contributed by atoms with E-state index in [0.717, 1.165) is 38.5 Å². The lowest BCUT2D eigenvalue weighted by Gasteiger charge is -2.31. The molecule has 2 atom stereocenters. The average Bonchev–Trinajstić information content (AvgIpc) is 3.02. The Labute approximate surface area is 151 Å². The highest BCUT2D eigenvalue weighted by atomic mass is 32.2. The van der Waals surface area contributed by atoms with E-state index in [1.807, 2.05) is 12.4 Å². The highest BCUT2D eigenvalue weighted by molar-refractivity contribution is 7.90. The molecule has 0 radical (unpaired) electrons. The SMILES string of the molecule is CCn1ccnc1CN(CC(C)CS(C)(=O)=O)C1CC12CCNCC2. The summed E-state index contributed by atoms with van der Waals surface area (Å²) >= 11 is 0. The molecule has 1 aliphatic heterocycles. The van der Waals surface area contributed by atoms with Crippen LogP contribution in [0.1, 0.15) is 38.9 Å². The van der Waals surface area contributed by atoms with E-state index in [1.165, 1.54) is 25.5 Å². The first-order valence-electron chi connectivity index (χ1n) is 9.45. The highest BCUT2D eigenvalue weighted by Gasteiger charge is 2.56. The second kappa shape index (κ2) is 7.37. The first-order valence-corrected chi connectivity index (χ1v) is 11.5. The van der Waals surface area contributed by atoms with Crippen molar-refractivity contribution in [3.05, 3.63) is 18.2 Å². The Morgan fingerprint density at radius 3 is 2.80 bits per heavy atom. The van der Waals surface area contributed by atoms with Gasteiger partial charge in [-0.2, -0.15) is 0 Å². The zero-order chi connectivity index (χ0) is 18.1. The van der Waals surface area contributed by atoms with Gasteiger partial charge in [0.25, 0.3) is 0 Å². The topological polar surface area (TPSA) is 67.2 Å². The molecule has 7 heteroatoms. The molecule has 3 rings (SSSR count). The summed E-state index contributed by atoms with van der Waals surface area (Å²) in [6.07, 6.45) is 8.94. The van der Waals surface area contributed by atoms with Gasteiger partial charge in [0.05, 0.1) is 12.3 Å². The molecule has 1 aromatic heterocycles. The lowest BCUT2D eigenvalue weighted by atomic mass is 9.93. The second-order valence-electron chi connectivity index (χ2n) is 8.09. The standard InChI is InChI=1S/C18H32N4O2S/c1-4-21-10-9-20-17(21)13-22(12-15(2)14-25(3,23)24)16-11-18(16)5-7-19-8-6-18/h9-10,15-16,19H,4-8,11-14H2,1-3H3. The average molecular weight is 369 g/mol. The van der Waals surface area contributed by atoms with Gasteiger partial charge >= 0.3 is 0 Å². The molecule has 1 spiro atoms. The minimum absolute atomic E-state index is 0.138. The van der Waals surface area contributed by atoms with Crippen LogP contribution in [0.2, 0.25) is 0 Å². The minimum atomic E-state index is -2.94. The fourth-order valence-corrected chi connectivity index (χ4v) is 5.68. The molecule has 0 aromatic carbocycles. The fourth-order valence-electron chi connectivity index (χ4n) is 4.54. The van der Waals surface area contributed by atoms with E-state index >= 15 is 0 Å². The van der Waals surface area contributed by atoms with Gasteiger partial charge in [-0.05, 0) is 50.6 Å². The summed E-state index contributed by atoms with van der Waals surface area (Å²) in [5.41, 5.74) is 0.444. The van der Waals surface area contributed by atoms with Crippen LogP contribution in [0.4, 0.5) is 0 Å². The molecule has 0 amide bonds. The van der Waals surface area contributed by atoms with Crippen molar-refractivity contribution in [3.8, 4) is 0 Å². The number of hydrogen-bond acceptors (Lipinski definition) is 5. The number of nitrogens with zero attached hydrogens (tertiary/aromatic N) is 3. The molecule has 0 bridgehead atoms. The Morgan fingerprint density at radius 1 is 1.44 bits per heavy atom. The molecule has 2 heterocycles. The van der Waals surface area contributed by atoms with Gasteiger partial charge in [-0.25, -0.2) is 13.4 Å². The molecule has 1 saturated heterocycles. The Balaban J connectivity index is 1.72. The Kier molecular flexibility index (Phi) is 5.56. The van der Waals surface area contributed by atoms with Crippen LogP contribution in [-0.4, -0.2) is 60.6 Å². The molecule has 142 valence electrons. The summed E-state index contributed by atoms with van der Waals surface area (Å²) in [5.74, 6) is 1.48. The summed E-state index contributed by atoms with van der Waals surface area (Å²) in [5, 5.41) is 3.46. The zero-order valence-electron chi connectivity index (χ0n) is 15.7. The van der Waals surface area contributed by atoms with Gasteiger partial charge in [0.1, 0.15) is 15.7 Å². The quantitative estimate of drug-likeness (QED) is 0.754. The van der Waals surface area contributed by atoms with Crippen LogP contribution in [0.25, 0.3) is 0 Å². The third-order valence-corrected chi connectivity index (χ3v) is 6.98. The molecule has 1 aromatic rings. The largest absolute Gasteiger partial charge is 0.334 e. The summed E-state index contributed by atoms with van der Waals surface area (Å²) in [6.45, 7) is 8.95. The highest BCUT2D eigenvalue weighted by Crippen LogP contribution is 2.56. The summed E-state index contributed by atoms with van der Waals surface area (Å²) in [4.78, 5) is 7.05. The van der Waals surface area contributed by atoms with E-state index in [1.54, 1.807) is 0 Å². The maximum Gasteiger partial charge on any atom is 0.147 e. The summed E-state index contributed by atoms with van der Waals surface area (Å²) in [7, 11) is -2.94. The lowest BCUT2D eigenvalue weighted by molar-refractivity contribution is 0.172. The van der Waals surface area contributed by atoms with E-state index in [0.29, 0.717) is 11.5 Å². The Hall–Kier alpha value is -0.920. The van der Waals surface area contributed by atoms with Gasteiger partial charge in [0.2, 0.25) is 0 Å². The Bertz CT molecular complexity index is 679. The van der Waals surface area contributed by atoms with Crippen LogP contribution in [0, 0.1) is 11.3 Å². The monoisotopic (exact) mass is 368 g/mol. The van der Waals surface area contributed by atoms with Crippen LogP contribution in [0.15, 0.2) is 12.4 Å². The molecule has 6 nitrogen and oxygen atoms in total. The number of rotatable bonds is 8. The number of nitrogens with one attached hydrogen (secondary N) is 1. The number of imidazole rings is 1. The molecule has 25 heavy (non-hydrogen) atoms. The van der Waals surface area contributed by atoms with Gasteiger partial charge in [0, 0.05) is 37.8 Å². The van der Waals surface area contributed by atoms with E-state index in [9.17, 15) is 8.42 Å². The lowest BCUT2D eigenvalue weighted by Crippen LogP contribution is -2.39. The van der Waals surface area contributed by atoms with Crippen LogP contribution in [0.3, 0.4) is 0 Å². The first-order chi connectivity index (χ1) is 11.8. The smallest absolute Gasteiger partial charge is 0.147 e. The molecule has 1 N–H and O–H groups in total. The molecule has 2 unspecified atom stereocenters. The maximum atomic E-state index is 11.7. The third-order valence-electron chi connectivity index (χ3n) is 5.81. The molecular weight excluding hydrogens is 336 g/mol. The van der Waals surface area contributed by atoms with Crippen LogP contribution >= 0.6 is 0 Å². The molecule has 2 aliphatic rings. The van der Waals surface area contributed by atoms with Gasteiger partial charge in [-0.1, -0.05) is 6.92 Å². The number of aryl methyl sites for hydroxylation is 1. The first kappa shape index (κ1) is 18.9. The van der Waals surface area contributed by atoms with Crippen molar-refractivity contribution >= 4 is 9.84 Å². The molecule has 2 fully saturated rings. The van der Waals surface area contributed by atoms with Crippen molar-refractivity contribution in [1.29, 1.82) is 0 Å². The summed E-state index contributed by atoms with van der Waals surface area (Å²) < 4.78 is 25.5. The van der Waals surface area contributed by atoms with Gasteiger partial charge in [-0.15, -0.1) is 0 Å². The van der Waals surface area contributed by atoms with E-state index in [4.69, 9.17) is 0 Å².